The number of ether oxygens (including phenoxy) is 1. The zero-order valence-electron chi connectivity index (χ0n) is 19.4. The maximum absolute atomic E-state index is 14.8. The average molecular weight is 508 g/mol. The highest BCUT2D eigenvalue weighted by Crippen LogP contribution is 2.36. The average Bonchev–Trinajstić information content (AvgIpc) is 3.26. The molecule has 0 bridgehead atoms. The summed E-state index contributed by atoms with van der Waals surface area (Å²) in [5.41, 5.74) is 3.95. The van der Waals surface area contributed by atoms with Crippen LogP contribution in [0.15, 0.2) is 66.9 Å². The summed E-state index contributed by atoms with van der Waals surface area (Å²) in [4.78, 5) is 41.2. The number of hydrogen-bond donors (Lipinski definition) is 3. The molecule has 11 heteroatoms. The normalized spacial score (nSPS) is 10.8. The Labute approximate surface area is 209 Å². The first-order valence-electron chi connectivity index (χ1n) is 10.8. The van der Waals surface area contributed by atoms with Gasteiger partial charge >= 0.3 is 0 Å². The van der Waals surface area contributed by atoms with Gasteiger partial charge in [-0.05, 0) is 30.3 Å². The number of carbonyl (C=O) groups excluding carboxylic acids is 3. The summed E-state index contributed by atoms with van der Waals surface area (Å²) >= 11 is 1.17. The Morgan fingerprint density at radius 3 is 2.36 bits per heavy atom. The highest BCUT2D eigenvalue weighted by atomic mass is 32.1. The van der Waals surface area contributed by atoms with Gasteiger partial charge in [-0.1, -0.05) is 18.2 Å². The molecule has 0 aliphatic heterocycles. The van der Waals surface area contributed by atoms with E-state index in [2.05, 4.69) is 21.0 Å². The van der Waals surface area contributed by atoms with E-state index in [-0.39, 0.29) is 17.3 Å². The Bertz CT molecular complexity index is 1420. The van der Waals surface area contributed by atoms with Gasteiger partial charge in [-0.15, -0.1) is 11.3 Å². The van der Waals surface area contributed by atoms with Gasteiger partial charge in [0.05, 0.1) is 15.1 Å². The van der Waals surface area contributed by atoms with Crippen LogP contribution in [0.4, 0.5) is 15.8 Å². The maximum Gasteiger partial charge on any atom is 0.275 e. The molecular formula is C25H22FN5O4S. The van der Waals surface area contributed by atoms with Crippen LogP contribution in [0.2, 0.25) is 0 Å². The Morgan fingerprint density at radius 2 is 1.67 bits per heavy atom. The Morgan fingerprint density at radius 1 is 0.944 bits per heavy atom. The van der Waals surface area contributed by atoms with Crippen molar-refractivity contribution in [3.8, 4) is 11.5 Å². The fourth-order valence-electron chi connectivity index (χ4n) is 3.22. The fourth-order valence-corrected chi connectivity index (χ4v) is 4.18. The summed E-state index contributed by atoms with van der Waals surface area (Å²) in [5, 5.41) is 6.64. The van der Waals surface area contributed by atoms with E-state index in [0.717, 1.165) is 6.07 Å². The molecule has 0 saturated carbocycles. The number of pyridine rings is 1. The molecule has 2 heterocycles. The molecule has 4 aromatic rings. The summed E-state index contributed by atoms with van der Waals surface area (Å²) < 4.78 is 21.1. The Hall–Kier alpha value is -4.35. The van der Waals surface area contributed by atoms with Crippen LogP contribution in [0.25, 0.3) is 10.2 Å². The van der Waals surface area contributed by atoms with Gasteiger partial charge in [0.1, 0.15) is 12.2 Å². The van der Waals surface area contributed by atoms with Crippen molar-refractivity contribution >= 4 is 50.6 Å². The smallest absolute Gasteiger partial charge is 0.275 e. The molecule has 0 saturated heterocycles. The number of halogens is 1. The fraction of sp³-hybridized carbons (Fsp3) is 0.120. The SMILES string of the molecule is CN(C)NC(=O)c1cc2nccc(Oc3ccc(NC(=O)CC(=O)Nc4ccccc4)cc3F)c2s1. The van der Waals surface area contributed by atoms with Gasteiger partial charge < -0.3 is 15.4 Å². The first-order valence-corrected chi connectivity index (χ1v) is 11.6. The minimum absolute atomic E-state index is 0.0741. The van der Waals surface area contributed by atoms with Crippen molar-refractivity contribution in [3.63, 3.8) is 0 Å². The molecule has 3 amide bonds. The molecule has 0 aliphatic rings. The number of rotatable bonds is 8. The summed E-state index contributed by atoms with van der Waals surface area (Å²) in [7, 11) is 3.40. The predicted octanol–water partition coefficient (Wildman–Crippen LogP) is 4.40. The second-order valence-corrected chi connectivity index (χ2v) is 8.91. The lowest BCUT2D eigenvalue weighted by Gasteiger charge is -2.10. The second kappa shape index (κ2) is 10.9. The lowest BCUT2D eigenvalue weighted by atomic mass is 10.2. The van der Waals surface area contributed by atoms with Gasteiger partial charge in [0.15, 0.2) is 11.6 Å². The number of hydrazine groups is 1. The number of benzene rings is 2. The van der Waals surface area contributed by atoms with Crippen LogP contribution in [0.1, 0.15) is 16.1 Å². The molecule has 0 spiro atoms. The highest BCUT2D eigenvalue weighted by molar-refractivity contribution is 7.21. The first-order chi connectivity index (χ1) is 17.3. The van der Waals surface area contributed by atoms with Crippen molar-refractivity contribution in [1.82, 2.24) is 15.4 Å². The van der Waals surface area contributed by atoms with E-state index in [9.17, 15) is 18.8 Å². The van der Waals surface area contributed by atoms with E-state index in [1.165, 1.54) is 34.7 Å². The second-order valence-electron chi connectivity index (χ2n) is 7.86. The molecule has 0 unspecified atom stereocenters. The molecule has 0 fully saturated rings. The molecule has 0 radical (unpaired) electrons. The largest absolute Gasteiger partial charge is 0.453 e. The zero-order valence-corrected chi connectivity index (χ0v) is 20.2. The van der Waals surface area contributed by atoms with E-state index >= 15 is 0 Å². The van der Waals surface area contributed by atoms with Gasteiger partial charge in [0, 0.05) is 43.8 Å². The van der Waals surface area contributed by atoms with E-state index in [0.29, 0.717) is 26.5 Å². The van der Waals surface area contributed by atoms with Crippen molar-refractivity contribution in [2.24, 2.45) is 0 Å². The first kappa shape index (κ1) is 24.8. The molecule has 0 aliphatic carbocycles. The number of hydrogen-bond acceptors (Lipinski definition) is 7. The van der Waals surface area contributed by atoms with Gasteiger partial charge in [0.25, 0.3) is 5.91 Å². The van der Waals surface area contributed by atoms with Gasteiger partial charge in [-0.25, -0.2) is 9.40 Å². The van der Waals surface area contributed by atoms with E-state index < -0.39 is 24.1 Å². The number of fused-ring (bicyclic) bond motifs is 1. The molecule has 2 aromatic heterocycles. The van der Waals surface area contributed by atoms with Crippen LogP contribution in [0.5, 0.6) is 11.5 Å². The zero-order chi connectivity index (χ0) is 25.7. The van der Waals surface area contributed by atoms with E-state index in [1.54, 1.807) is 50.5 Å². The van der Waals surface area contributed by atoms with Crippen LogP contribution in [-0.4, -0.2) is 41.8 Å². The topological polar surface area (TPSA) is 113 Å². The number of para-hydroxylation sites is 1. The molecule has 36 heavy (non-hydrogen) atoms. The summed E-state index contributed by atoms with van der Waals surface area (Å²) in [5.74, 6) is -1.83. The Balaban J connectivity index is 1.42. The number of nitrogens with zero attached hydrogens (tertiary/aromatic N) is 2. The van der Waals surface area contributed by atoms with Crippen LogP contribution in [-0.2, 0) is 9.59 Å². The van der Waals surface area contributed by atoms with E-state index in [4.69, 9.17) is 4.74 Å². The predicted molar refractivity (Wildman–Crippen MR) is 136 cm³/mol. The van der Waals surface area contributed by atoms with Crippen molar-refractivity contribution in [3.05, 3.63) is 77.6 Å². The molecule has 4 rings (SSSR count). The van der Waals surface area contributed by atoms with Crippen molar-refractivity contribution in [2.45, 2.75) is 6.42 Å². The summed E-state index contributed by atoms with van der Waals surface area (Å²) in [6, 6.07) is 15.9. The van der Waals surface area contributed by atoms with Gasteiger partial charge in [-0.2, -0.15) is 0 Å². The van der Waals surface area contributed by atoms with Crippen LogP contribution in [0.3, 0.4) is 0 Å². The van der Waals surface area contributed by atoms with Crippen molar-refractivity contribution < 1.29 is 23.5 Å². The number of amides is 3. The number of nitrogens with one attached hydrogen (secondary N) is 3. The number of anilines is 2. The third kappa shape index (κ3) is 6.20. The minimum atomic E-state index is -0.714. The molecule has 0 atom stereocenters. The van der Waals surface area contributed by atoms with Crippen molar-refractivity contribution in [2.75, 3.05) is 24.7 Å². The highest BCUT2D eigenvalue weighted by Gasteiger charge is 2.17. The number of aromatic nitrogens is 1. The van der Waals surface area contributed by atoms with Crippen molar-refractivity contribution in [1.29, 1.82) is 0 Å². The molecule has 3 N–H and O–H groups in total. The van der Waals surface area contributed by atoms with E-state index in [1.807, 2.05) is 6.07 Å². The van der Waals surface area contributed by atoms with Crippen LogP contribution >= 0.6 is 11.3 Å². The summed E-state index contributed by atoms with van der Waals surface area (Å²) in [6.07, 6.45) is 1.08. The maximum atomic E-state index is 14.8. The van der Waals surface area contributed by atoms with Gasteiger partial charge in [-0.3, -0.25) is 24.8 Å². The standard InChI is InChI=1S/C25H22FN5O4S/c1-31(2)30-25(34)21-13-18-24(36-21)20(10-11-27-18)35-19-9-8-16(12-17(19)26)29-23(33)14-22(32)28-15-6-4-3-5-7-15/h3-13H,14H2,1-2H3,(H,28,32)(H,29,33)(H,30,34). The third-order valence-corrected chi connectivity index (χ3v) is 5.88. The molecular weight excluding hydrogens is 485 g/mol. The summed E-state index contributed by atoms with van der Waals surface area (Å²) in [6.45, 7) is 0. The molecule has 2 aromatic carbocycles. The molecule has 184 valence electrons. The number of carbonyl (C=O) groups is 3. The Kier molecular flexibility index (Phi) is 7.52. The lowest BCUT2D eigenvalue weighted by molar-refractivity contribution is -0.123. The lowest BCUT2D eigenvalue weighted by Crippen LogP contribution is -2.35. The van der Waals surface area contributed by atoms with Crippen LogP contribution in [0, 0.1) is 5.82 Å². The van der Waals surface area contributed by atoms with Gasteiger partial charge in [0.2, 0.25) is 11.8 Å². The quantitative estimate of drug-likeness (QED) is 0.241. The minimum Gasteiger partial charge on any atom is -0.453 e. The monoisotopic (exact) mass is 507 g/mol. The third-order valence-electron chi connectivity index (χ3n) is 4.74. The van der Waals surface area contributed by atoms with Crippen LogP contribution < -0.4 is 20.8 Å². The molecule has 9 nitrogen and oxygen atoms in total. The number of thiophene rings is 1.